The monoisotopic (exact) mass is 345 g/mol. The van der Waals surface area contributed by atoms with E-state index in [4.69, 9.17) is 14.2 Å². The Morgan fingerprint density at radius 2 is 1.72 bits per heavy atom. The third kappa shape index (κ3) is 4.55. The first-order valence-electron chi connectivity index (χ1n) is 8.30. The van der Waals surface area contributed by atoms with Gasteiger partial charge in [0, 0.05) is 25.7 Å². The van der Waals surface area contributed by atoms with E-state index in [9.17, 15) is 10.2 Å². The van der Waals surface area contributed by atoms with E-state index in [0.29, 0.717) is 18.1 Å². The maximum absolute atomic E-state index is 9.71. The molecule has 0 amide bonds. The zero-order valence-electron chi connectivity index (χ0n) is 14.3. The second kappa shape index (κ2) is 8.09. The van der Waals surface area contributed by atoms with Gasteiger partial charge in [-0.15, -0.1) is 0 Å². The van der Waals surface area contributed by atoms with Gasteiger partial charge in [0.25, 0.3) is 0 Å². The van der Waals surface area contributed by atoms with Crippen LogP contribution >= 0.6 is 0 Å². The van der Waals surface area contributed by atoms with Crippen molar-refractivity contribution in [3.63, 3.8) is 0 Å². The van der Waals surface area contributed by atoms with Crippen LogP contribution in [0.4, 0.5) is 0 Å². The van der Waals surface area contributed by atoms with Crippen LogP contribution in [0.15, 0.2) is 36.4 Å². The Kier molecular flexibility index (Phi) is 5.63. The summed E-state index contributed by atoms with van der Waals surface area (Å²) in [5.74, 6) is 1.07. The zero-order valence-corrected chi connectivity index (χ0v) is 14.3. The number of phenols is 2. The summed E-state index contributed by atoms with van der Waals surface area (Å²) in [5, 5.41) is 19.2. The van der Waals surface area contributed by atoms with Crippen molar-refractivity contribution in [1.29, 1.82) is 0 Å². The predicted molar refractivity (Wildman–Crippen MR) is 94.5 cm³/mol. The van der Waals surface area contributed by atoms with E-state index in [1.165, 1.54) is 12.1 Å². The van der Waals surface area contributed by atoms with Gasteiger partial charge in [0.2, 0.25) is 0 Å². The molecule has 0 bridgehead atoms. The van der Waals surface area contributed by atoms with Crippen LogP contribution in [0.25, 0.3) is 11.1 Å². The number of nitrogens with zero attached hydrogens (tertiary/aromatic N) is 1. The van der Waals surface area contributed by atoms with Gasteiger partial charge in [0.15, 0.2) is 11.5 Å². The minimum Gasteiger partial charge on any atom is -0.504 e. The van der Waals surface area contributed by atoms with Crippen molar-refractivity contribution in [2.45, 2.75) is 0 Å². The van der Waals surface area contributed by atoms with E-state index in [1.807, 2.05) is 18.2 Å². The molecule has 0 saturated carbocycles. The summed E-state index contributed by atoms with van der Waals surface area (Å²) in [6.45, 7) is 4.82. The molecule has 0 radical (unpaired) electrons. The van der Waals surface area contributed by atoms with Crippen molar-refractivity contribution < 1.29 is 24.4 Å². The fraction of sp³-hybridized carbons (Fsp3) is 0.368. The van der Waals surface area contributed by atoms with Crippen LogP contribution in [0.3, 0.4) is 0 Å². The quantitative estimate of drug-likeness (QED) is 0.784. The Balaban J connectivity index is 1.71. The summed E-state index contributed by atoms with van der Waals surface area (Å²) in [7, 11) is 1.60. The molecular weight excluding hydrogens is 322 g/mol. The second-order valence-electron chi connectivity index (χ2n) is 5.90. The number of ether oxygens (including phenoxy) is 3. The molecular formula is C19H23NO5. The number of hydrogen-bond acceptors (Lipinski definition) is 6. The lowest BCUT2D eigenvalue weighted by Crippen LogP contribution is -2.38. The van der Waals surface area contributed by atoms with Crippen LogP contribution in [0, 0.1) is 0 Å². The SMILES string of the molecule is COc1cc(OCCN2CCOCC2)cc(-c2ccc(O)c(O)c2)c1. The lowest BCUT2D eigenvalue weighted by molar-refractivity contribution is 0.0322. The largest absolute Gasteiger partial charge is 0.504 e. The smallest absolute Gasteiger partial charge is 0.158 e. The van der Waals surface area contributed by atoms with Crippen LogP contribution in [0.5, 0.6) is 23.0 Å². The van der Waals surface area contributed by atoms with Crippen molar-refractivity contribution >= 4 is 0 Å². The molecule has 1 aliphatic rings. The Morgan fingerprint density at radius 3 is 2.44 bits per heavy atom. The van der Waals surface area contributed by atoms with Crippen LogP contribution in [0.2, 0.25) is 0 Å². The van der Waals surface area contributed by atoms with Gasteiger partial charge in [-0.1, -0.05) is 6.07 Å². The van der Waals surface area contributed by atoms with Gasteiger partial charge in [-0.2, -0.15) is 0 Å². The molecule has 0 aromatic heterocycles. The third-order valence-electron chi connectivity index (χ3n) is 4.20. The Labute approximate surface area is 147 Å². The van der Waals surface area contributed by atoms with E-state index in [0.717, 1.165) is 44.0 Å². The molecule has 25 heavy (non-hydrogen) atoms. The average molecular weight is 345 g/mol. The number of phenolic OH excluding ortho intramolecular Hbond substituents is 2. The lowest BCUT2D eigenvalue weighted by Gasteiger charge is -2.26. The minimum atomic E-state index is -0.157. The molecule has 1 saturated heterocycles. The fourth-order valence-electron chi connectivity index (χ4n) is 2.76. The fourth-order valence-corrected chi connectivity index (χ4v) is 2.76. The van der Waals surface area contributed by atoms with E-state index in [1.54, 1.807) is 13.2 Å². The predicted octanol–water partition coefficient (Wildman–Crippen LogP) is 2.48. The number of rotatable bonds is 6. The van der Waals surface area contributed by atoms with Gasteiger partial charge < -0.3 is 24.4 Å². The maximum atomic E-state index is 9.71. The highest BCUT2D eigenvalue weighted by atomic mass is 16.5. The summed E-state index contributed by atoms with van der Waals surface area (Å²) >= 11 is 0. The van der Waals surface area contributed by atoms with Crippen molar-refractivity contribution in [2.75, 3.05) is 46.6 Å². The summed E-state index contributed by atoms with van der Waals surface area (Å²) in [4.78, 5) is 2.31. The summed E-state index contributed by atoms with van der Waals surface area (Å²) in [6, 6.07) is 10.3. The number of aromatic hydroxyl groups is 2. The van der Waals surface area contributed by atoms with E-state index >= 15 is 0 Å². The molecule has 1 fully saturated rings. The normalized spacial score (nSPS) is 15.1. The van der Waals surface area contributed by atoms with Crippen molar-refractivity contribution in [2.24, 2.45) is 0 Å². The second-order valence-corrected chi connectivity index (χ2v) is 5.90. The molecule has 2 N–H and O–H groups in total. The first-order chi connectivity index (χ1) is 12.2. The minimum absolute atomic E-state index is 0.145. The highest BCUT2D eigenvalue weighted by Crippen LogP contribution is 2.34. The van der Waals surface area contributed by atoms with Crippen LogP contribution in [-0.4, -0.2) is 61.7 Å². The Morgan fingerprint density at radius 1 is 0.960 bits per heavy atom. The highest BCUT2D eigenvalue weighted by molar-refractivity contribution is 5.69. The molecule has 0 atom stereocenters. The van der Waals surface area contributed by atoms with E-state index < -0.39 is 0 Å². The number of hydrogen-bond donors (Lipinski definition) is 2. The average Bonchev–Trinajstić information content (AvgIpc) is 2.64. The van der Waals surface area contributed by atoms with Crippen LogP contribution in [-0.2, 0) is 4.74 Å². The molecule has 6 heteroatoms. The maximum Gasteiger partial charge on any atom is 0.158 e. The van der Waals surface area contributed by atoms with Crippen molar-refractivity contribution in [1.82, 2.24) is 4.90 Å². The van der Waals surface area contributed by atoms with Crippen LogP contribution < -0.4 is 9.47 Å². The topological polar surface area (TPSA) is 71.4 Å². The van der Waals surface area contributed by atoms with Gasteiger partial charge in [0.05, 0.1) is 20.3 Å². The zero-order chi connectivity index (χ0) is 17.6. The van der Waals surface area contributed by atoms with Crippen LogP contribution in [0.1, 0.15) is 0 Å². The van der Waals surface area contributed by atoms with Gasteiger partial charge >= 0.3 is 0 Å². The molecule has 134 valence electrons. The molecule has 1 heterocycles. The van der Waals surface area contributed by atoms with Crippen molar-refractivity contribution in [3.8, 4) is 34.1 Å². The van der Waals surface area contributed by atoms with E-state index in [2.05, 4.69) is 4.90 Å². The number of benzene rings is 2. The van der Waals surface area contributed by atoms with Gasteiger partial charge in [-0.25, -0.2) is 0 Å². The van der Waals surface area contributed by atoms with Crippen molar-refractivity contribution in [3.05, 3.63) is 36.4 Å². The molecule has 0 unspecified atom stereocenters. The molecule has 0 aliphatic carbocycles. The first-order valence-corrected chi connectivity index (χ1v) is 8.30. The highest BCUT2D eigenvalue weighted by Gasteiger charge is 2.11. The van der Waals surface area contributed by atoms with E-state index in [-0.39, 0.29) is 11.5 Å². The third-order valence-corrected chi connectivity index (χ3v) is 4.20. The Bertz CT molecular complexity index is 713. The van der Waals surface area contributed by atoms with Gasteiger partial charge in [-0.3, -0.25) is 4.90 Å². The summed E-state index contributed by atoms with van der Waals surface area (Å²) in [6.07, 6.45) is 0. The van der Waals surface area contributed by atoms with Gasteiger partial charge in [-0.05, 0) is 35.4 Å². The number of morpholine rings is 1. The molecule has 1 aliphatic heterocycles. The summed E-state index contributed by atoms with van der Waals surface area (Å²) < 4.78 is 16.6. The number of methoxy groups -OCH3 is 1. The lowest BCUT2D eigenvalue weighted by atomic mass is 10.0. The summed E-state index contributed by atoms with van der Waals surface area (Å²) in [5.41, 5.74) is 1.61. The molecule has 2 aromatic rings. The Hall–Kier alpha value is -2.44. The molecule has 0 spiro atoms. The molecule has 2 aromatic carbocycles. The molecule has 3 rings (SSSR count). The standard InChI is InChI=1S/C19H23NO5/c1-23-16-10-15(14-2-3-18(21)19(22)12-14)11-17(13-16)25-9-6-20-4-7-24-8-5-20/h2-3,10-13,21-22H,4-9H2,1H3. The first kappa shape index (κ1) is 17.4. The van der Waals surface area contributed by atoms with Gasteiger partial charge in [0.1, 0.15) is 18.1 Å². The molecule has 6 nitrogen and oxygen atoms in total.